The van der Waals surface area contributed by atoms with E-state index in [1.807, 2.05) is 0 Å². The smallest absolute Gasteiger partial charge is 0.119 e. The maximum absolute atomic E-state index is 5.34. The van der Waals surface area contributed by atoms with Crippen molar-refractivity contribution in [3.63, 3.8) is 0 Å². The Hall–Kier alpha value is -1.53. The predicted octanol–water partition coefficient (Wildman–Crippen LogP) is 4.77. The van der Waals surface area contributed by atoms with E-state index in [4.69, 9.17) is 4.74 Å². The number of ether oxygens (including phenoxy) is 1. The number of hydrogen-bond donors (Lipinski definition) is 1. The van der Waals surface area contributed by atoms with Crippen molar-refractivity contribution in [1.29, 1.82) is 0 Å². The minimum Gasteiger partial charge on any atom is -0.497 e. The van der Waals surface area contributed by atoms with Crippen molar-refractivity contribution >= 4 is 33.5 Å². The average Bonchev–Trinajstić information content (AvgIpc) is 3.03. The molecule has 1 aliphatic heterocycles. The van der Waals surface area contributed by atoms with Crippen LogP contribution in [-0.4, -0.2) is 30.1 Å². The Morgan fingerprint density at radius 2 is 2.08 bits per heavy atom. The fourth-order valence-corrected chi connectivity index (χ4v) is 4.25. The molecule has 0 aliphatic carbocycles. The molecule has 2 aromatic carbocycles. The molecule has 1 aromatic heterocycles. The number of aromatic nitrogens is 1. The van der Waals surface area contributed by atoms with Crippen LogP contribution in [-0.2, 0) is 19.4 Å². The summed E-state index contributed by atoms with van der Waals surface area (Å²) in [5.41, 5.74) is 5.59. The number of aryl methyl sites for hydroxylation is 1. The number of benzene rings is 2. The van der Waals surface area contributed by atoms with Crippen LogP contribution >= 0.6 is 22.6 Å². The molecule has 0 radical (unpaired) electrons. The number of nitrogens with one attached hydrogen (secondary N) is 1. The Labute approximate surface area is 162 Å². The lowest BCUT2D eigenvalue weighted by molar-refractivity contribution is 0.251. The number of halogens is 1. The van der Waals surface area contributed by atoms with Gasteiger partial charge >= 0.3 is 0 Å². The maximum atomic E-state index is 5.34. The molecule has 3 aromatic rings. The molecule has 0 saturated carbocycles. The number of aromatic amines is 1. The van der Waals surface area contributed by atoms with Crippen LogP contribution in [0.3, 0.4) is 0 Å². The van der Waals surface area contributed by atoms with Crippen LogP contribution < -0.4 is 4.74 Å². The van der Waals surface area contributed by atoms with Crippen molar-refractivity contribution in [1.82, 2.24) is 9.88 Å². The molecule has 25 heavy (non-hydrogen) atoms. The Morgan fingerprint density at radius 3 is 2.96 bits per heavy atom. The quantitative estimate of drug-likeness (QED) is 0.573. The van der Waals surface area contributed by atoms with Gasteiger partial charge in [-0.1, -0.05) is 6.07 Å². The van der Waals surface area contributed by atoms with E-state index in [-0.39, 0.29) is 0 Å². The Morgan fingerprint density at radius 1 is 1.16 bits per heavy atom. The van der Waals surface area contributed by atoms with Crippen LogP contribution in [0.15, 0.2) is 42.6 Å². The number of fused-ring (bicyclic) bond motifs is 2. The first-order valence-corrected chi connectivity index (χ1v) is 9.94. The first-order chi connectivity index (χ1) is 12.2. The molecule has 0 amide bonds. The van der Waals surface area contributed by atoms with Gasteiger partial charge in [-0.15, -0.1) is 0 Å². The van der Waals surface area contributed by atoms with Gasteiger partial charge in [0.25, 0.3) is 0 Å². The van der Waals surface area contributed by atoms with Gasteiger partial charge in [0, 0.05) is 33.8 Å². The normalized spacial score (nSPS) is 14.6. The highest BCUT2D eigenvalue weighted by atomic mass is 127. The zero-order valence-electron chi connectivity index (χ0n) is 14.5. The molecule has 4 rings (SSSR count). The van der Waals surface area contributed by atoms with Gasteiger partial charge in [0.2, 0.25) is 0 Å². The largest absolute Gasteiger partial charge is 0.497 e. The first-order valence-electron chi connectivity index (χ1n) is 8.86. The zero-order valence-corrected chi connectivity index (χ0v) is 16.7. The second-order valence-electron chi connectivity index (χ2n) is 6.77. The van der Waals surface area contributed by atoms with E-state index in [0.717, 1.165) is 38.2 Å². The van der Waals surface area contributed by atoms with Crippen LogP contribution in [0, 0.1) is 3.57 Å². The highest BCUT2D eigenvalue weighted by molar-refractivity contribution is 14.1. The summed E-state index contributed by atoms with van der Waals surface area (Å²) in [6.45, 7) is 3.36. The molecule has 0 fully saturated rings. The number of rotatable bonds is 5. The van der Waals surface area contributed by atoms with E-state index < -0.39 is 0 Å². The Bertz CT molecular complexity index is 887. The van der Waals surface area contributed by atoms with Crippen molar-refractivity contribution in [2.75, 3.05) is 20.2 Å². The van der Waals surface area contributed by atoms with Crippen LogP contribution in [0.4, 0.5) is 0 Å². The SMILES string of the molecule is [11CH3]Oc1ccc2c(c1)CCN(CCCc1c[nH]c3ccc(I)cc13)C2. The third-order valence-corrected chi connectivity index (χ3v) is 5.83. The summed E-state index contributed by atoms with van der Waals surface area (Å²) in [5, 5.41) is 1.38. The van der Waals surface area contributed by atoms with Gasteiger partial charge in [0.05, 0.1) is 7.11 Å². The van der Waals surface area contributed by atoms with Gasteiger partial charge in [0.1, 0.15) is 5.75 Å². The molecule has 4 heteroatoms. The van der Waals surface area contributed by atoms with Crippen LogP contribution in [0.5, 0.6) is 5.75 Å². The van der Waals surface area contributed by atoms with E-state index >= 15 is 0 Å². The van der Waals surface area contributed by atoms with Gasteiger partial charge in [0.15, 0.2) is 0 Å². The van der Waals surface area contributed by atoms with Gasteiger partial charge < -0.3 is 9.72 Å². The van der Waals surface area contributed by atoms with E-state index in [0.29, 0.717) is 0 Å². The van der Waals surface area contributed by atoms with Crippen molar-refractivity contribution < 1.29 is 4.74 Å². The summed E-state index contributed by atoms with van der Waals surface area (Å²) in [4.78, 5) is 5.98. The minimum atomic E-state index is 0.973. The molecule has 3 nitrogen and oxygen atoms in total. The summed E-state index contributed by atoms with van der Waals surface area (Å²) in [6, 6.07) is 13.1. The summed E-state index contributed by atoms with van der Waals surface area (Å²) in [6.07, 6.45) is 5.63. The van der Waals surface area contributed by atoms with Crippen LogP contribution in [0.25, 0.3) is 10.9 Å². The van der Waals surface area contributed by atoms with Crippen molar-refractivity contribution in [3.05, 3.63) is 62.9 Å². The summed E-state index contributed by atoms with van der Waals surface area (Å²) < 4.78 is 6.64. The molecule has 0 unspecified atom stereocenters. The lowest BCUT2D eigenvalue weighted by atomic mass is 9.99. The van der Waals surface area contributed by atoms with Gasteiger partial charge in [-0.3, -0.25) is 4.90 Å². The molecule has 0 bridgehead atoms. The maximum Gasteiger partial charge on any atom is 0.119 e. The fraction of sp³-hybridized carbons (Fsp3) is 0.333. The lowest BCUT2D eigenvalue weighted by Gasteiger charge is -2.29. The third kappa shape index (κ3) is 3.70. The summed E-state index contributed by atoms with van der Waals surface area (Å²) in [7, 11) is 1.74. The molecular formula is C21H23IN2O. The van der Waals surface area contributed by atoms with E-state index in [1.165, 1.54) is 37.6 Å². The Kier molecular flexibility index (Phi) is 4.99. The molecule has 130 valence electrons. The van der Waals surface area contributed by atoms with Crippen molar-refractivity contribution in [3.8, 4) is 5.75 Å². The monoisotopic (exact) mass is 445 g/mol. The molecule has 1 N–H and O–H groups in total. The second-order valence-corrected chi connectivity index (χ2v) is 8.01. The number of hydrogen-bond acceptors (Lipinski definition) is 2. The van der Waals surface area contributed by atoms with Gasteiger partial charge in [-0.25, -0.2) is 0 Å². The van der Waals surface area contributed by atoms with Gasteiger partial charge in [-0.05, 0) is 95.4 Å². The molecule has 0 atom stereocenters. The first kappa shape index (κ1) is 16.9. The minimum absolute atomic E-state index is 0.973. The predicted molar refractivity (Wildman–Crippen MR) is 111 cm³/mol. The van der Waals surface area contributed by atoms with Crippen LogP contribution in [0.1, 0.15) is 23.1 Å². The summed E-state index contributed by atoms with van der Waals surface area (Å²) in [5.74, 6) is 0.973. The third-order valence-electron chi connectivity index (χ3n) is 5.15. The number of H-pyrrole nitrogens is 1. The highest BCUT2D eigenvalue weighted by Gasteiger charge is 2.16. The fourth-order valence-electron chi connectivity index (χ4n) is 3.76. The molecule has 2 heterocycles. The highest BCUT2D eigenvalue weighted by Crippen LogP contribution is 2.25. The van der Waals surface area contributed by atoms with E-state index in [9.17, 15) is 0 Å². The lowest BCUT2D eigenvalue weighted by Crippen LogP contribution is -2.31. The second kappa shape index (κ2) is 7.38. The van der Waals surface area contributed by atoms with Gasteiger partial charge in [-0.2, -0.15) is 0 Å². The average molecular weight is 445 g/mol. The standard InChI is InChI=1S/C21H23IN2O/c1-25-19-6-4-17-14-24(10-8-15(17)11-19)9-2-3-16-13-23-21-7-5-18(22)12-20(16)21/h4-7,11-13,23H,2-3,8-10,14H2,1H3/i1-1. The van der Waals surface area contributed by atoms with E-state index in [2.05, 4.69) is 75.1 Å². The molecule has 0 saturated heterocycles. The van der Waals surface area contributed by atoms with Crippen LogP contribution in [0.2, 0.25) is 0 Å². The van der Waals surface area contributed by atoms with Crippen molar-refractivity contribution in [2.45, 2.75) is 25.8 Å². The zero-order chi connectivity index (χ0) is 17.2. The molecular weight excluding hydrogens is 422 g/mol. The van der Waals surface area contributed by atoms with E-state index in [1.54, 1.807) is 7.11 Å². The van der Waals surface area contributed by atoms with Crippen molar-refractivity contribution in [2.24, 2.45) is 0 Å². The molecule has 0 spiro atoms. The number of methoxy groups -OCH3 is 1. The molecule has 1 aliphatic rings. The Balaban J connectivity index is 1.36. The number of nitrogens with zero attached hydrogens (tertiary/aromatic N) is 1. The topological polar surface area (TPSA) is 28.3 Å². The summed E-state index contributed by atoms with van der Waals surface area (Å²) >= 11 is 2.39.